The predicted octanol–water partition coefficient (Wildman–Crippen LogP) is 4.66. The lowest BCUT2D eigenvalue weighted by molar-refractivity contribution is 0.301. The Morgan fingerprint density at radius 1 is 1.12 bits per heavy atom. The monoisotopic (exact) mass is 450 g/mol. The maximum atomic E-state index is 9.61. The van der Waals surface area contributed by atoms with Crippen molar-refractivity contribution >= 4 is 31.9 Å². The van der Waals surface area contributed by atoms with Gasteiger partial charge in [0.1, 0.15) is 0 Å². The van der Waals surface area contributed by atoms with Gasteiger partial charge in [0.2, 0.25) is 0 Å². The van der Waals surface area contributed by atoms with Gasteiger partial charge in [0.25, 0.3) is 0 Å². The van der Waals surface area contributed by atoms with Crippen molar-refractivity contribution in [2.75, 3.05) is 20.8 Å². The Bertz CT molecular complexity index is 797. The maximum Gasteiger partial charge on any atom is 0.180 e. The molecule has 0 N–H and O–H groups in total. The molecule has 0 radical (unpaired) electrons. The zero-order valence-electron chi connectivity index (χ0n) is 13.3. The Morgan fingerprint density at radius 2 is 1.83 bits per heavy atom. The molecule has 1 heterocycles. The molecule has 0 saturated carbocycles. The minimum Gasteiger partial charge on any atom is -0.493 e. The average molecular weight is 452 g/mol. The van der Waals surface area contributed by atoms with E-state index in [1.54, 1.807) is 14.2 Å². The number of nitrogens with zero attached hydrogens (tertiary/aromatic N) is 2. The van der Waals surface area contributed by atoms with Crippen LogP contribution in [0.2, 0.25) is 0 Å². The van der Waals surface area contributed by atoms with E-state index in [9.17, 15) is 5.26 Å². The van der Waals surface area contributed by atoms with Gasteiger partial charge in [-0.3, -0.25) is 4.90 Å². The number of nitriles is 1. The van der Waals surface area contributed by atoms with Gasteiger partial charge in [-0.2, -0.15) is 5.26 Å². The molecule has 2 aromatic carbocycles. The van der Waals surface area contributed by atoms with Crippen molar-refractivity contribution in [3.05, 3.63) is 56.0 Å². The van der Waals surface area contributed by atoms with E-state index in [1.165, 1.54) is 0 Å². The first kappa shape index (κ1) is 17.1. The van der Waals surface area contributed by atoms with Crippen LogP contribution < -0.4 is 9.47 Å². The lowest BCUT2D eigenvalue weighted by Gasteiger charge is -2.35. The highest BCUT2D eigenvalue weighted by atomic mass is 79.9. The fourth-order valence-corrected chi connectivity index (χ4v) is 4.58. The summed E-state index contributed by atoms with van der Waals surface area (Å²) in [5.74, 6) is 1.47. The summed E-state index contributed by atoms with van der Waals surface area (Å²) in [5.41, 5.74) is 3.22. The van der Waals surface area contributed by atoms with E-state index < -0.39 is 0 Å². The lowest BCUT2D eigenvalue weighted by atomic mass is 9.87. The van der Waals surface area contributed by atoms with E-state index in [-0.39, 0.29) is 6.04 Å². The van der Waals surface area contributed by atoms with Crippen LogP contribution in [0.15, 0.2) is 39.3 Å². The number of benzene rings is 2. The van der Waals surface area contributed by atoms with E-state index in [1.807, 2.05) is 35.2 Å². The van der Waals surface area contributed by atoms with Gasteiger partial charge in [0, 0.05) is 21.1 Å². The normalized spacial score (nSPS) is 16.3. The molecule has 0 aliphatic carbocycles. The maximum absolute atomic E-state index is 9.61. The van der Waals surface area contributed by atoms with Crippen molar-refractivity contribution in [3.63, 3.8) is 0 Å². The van der Waals surface area contributed by atoms with Gasteiger partial charge >= 0.3 is 0 Å². The van der Waals surface area contributed by atoms with Crippen LogP contribution in [-0.4, -0.2) is 25.7 Å². The molecule has 1 aliphatic heterocycles. The fourth-order valence-electron chi connectivity index (χ4n) is 3.25. The van der Waals surface area contributed by atoms with Crippen molar-refractivity contribution in [3.8, 4) is 17.7 Å². The second-order valence-corrected chi connectivity index (χ2v) is 7.35. The molecule has 2 aromatic rings. The van der Waals surface area contributed by atoms with E-state index in [0.29, 0.717) is 6.54 Å². The zero-order chi connectivity index (χ0) is 17.3. The molecule has 0 fully saturated rings. The first-order chi connectivity index (χ1) is 11.6. The van der Waals surface area contributed by atoms with Gasteiger partial charge in [-0.1, -0.05) is 37.9 Å². The number of methoxy groups -OCH3 is 2. The number of ether oxygens (including phenoxy) is 2. The molecule has 0 aromatic heterocycles. The minimum absolute atomic E-state index is 0.146. The van der Waals surface area contributed by atoms with Gasteiger partial charge in [0.15, 0.2) is 17.7 Å². The molecule has 124 valence electrons. The lowest BCUT2D eigenvalue weighted by Crippen LogP contribution is -2.32. The standard InChI is InChI=1S/C18H16Br2N2O2/c1-23-16-4-3-14-15(18(16)24-2)5-6-22(10-21)17(14)11-7-12(19)9-13(20)8-11/h3-4,7-9,17H,5-6H2,1-2H3. The number of hydrogen-bond acceptors (Lipinski definition) is 4. The summed E-state index contributed by atoms with van der Waals surface area (Å²) in [5, 5.41) is 9.61. The molecule has 4 nitrogen and oxygen atoms in total. The molecule has 1 unspecified atom stereocenters. The summed E-state index contributed by atoms with van der Waals surface area (Å²) in [6.07, 6.45) is 3.07. The Labute approximate surface area is 158 Å². The van der Waals surface area contributed by atoms with Crippen LogP contribution in [0, 0.1) is 11.5 Å². The summed E-state index contributed by atoms with van der Waals surface area (Å²) in [6.45, 7) is 0.641. The number of fused-ring (bicyclic) bond motifs is 1. The highest BCUT2D eigenvalue weighted by molar-refractivity contribution is 9.11. The molecule has 24 heavy (non-hydrogen) atoms. The first-order valence-corrected chi connectivity index (χ1v) is 9.03. The third-order valence-corrected chi connectivity index (χ3v) is 5.14. The Balaban J connectivity index is 2.21. The third-order valence-electron chi connectivity index (χ3n) is 4.22. The van der Waals surface area contributed by atoms with Crippen molar-refractivity contribution in [2.24, 2.45) is 0 Å². The van der Waals surface area contributed by atoms with Gasteiger partial charge in [0.05, 0.1) is 20.3 Å². The predicted molar refractivity (Wildman–Crippen MR) is 99.3 cm³/mol. The third kappa shape index (κ3) is 2.99. The summed E-state index contributed by atoms with van der Waals surface area (Å²) in [7, 11) is 3.29. The van der Waals surface area contributed by atoms with Gasteiger partial charge in [-0.05, 0) is 41.8 Å². The molecule has 0 amide bonds. The second kappa shape index (κ2) is 7.04. The Hall–Kier alpha value is -1.71. The second-order valence-electron chi connectivity index (χ2n) is 5.52. The minimum atomic E-state index is -0.146. The first-order valence-electron chi connectivity index (χ1n) is 7.45. The van der Waals surface area contributed by atoms with Gasteiger partial charge < -0.3 is 9.47 Å². The average Bonchev–Trinajstić information content (AvgIpc) is 2.58. The van der Waals surface area contributed by atoms with Crippen molar-refractivity contribution in [2.45, 2.75) is 12.5 Å². The molecule has 0 spiro atoms. The van der Waals surface area contributed by atoms with Crippen LogP contribution in [0.1, 0.15) is 22.7 Å². The molecular formula is C18H16Br2N2O2. The molecule has 3 rings (SSSR count). The van der Waals surface area contributed by atoms with Crippen LogP contribution in [0.3, 0.4) is 0 Å². The van der Waals surface area contributed by atoms with Crippen molar-refractivity contribution in [1.29, 1.82) is 5.26 Å². The molecule has 6 heteroatoms. The van der Waals surface area contributed by atoms with Gasteiger partial charge in [-0.15, -0.1) is 0 Å². The van der Waals surface area contributed by atoms with E-state index >= 15 is 0 Å². The largest absolute Gasteiger partial charge is 0.493 e. The summed E-state index contributed by atoms with van der Waals surface area (Å²) < 4.78 is 12.9. The number of hydrogen-bond donors (Lipinski definition) is 0. The fraction of sp³-hybridized carbons (Fsp3) is 0.278. The summed E-state index contributed by atoms with van der Waals surface area (Å²) in [4.78, 5) is 1.81. The zero-order valence-corrected chi connectivity index (χ0v) is 16.5. The smallest absolute Gasteiger partial charge is 0.180 e. The van der Waals surface area contributed by atoms with Crippen LogP contribution in [0.5, 0.6) is 11.5 Å². The molecule has 1 atom stereocenters. The van der Waals surface area contributed by atoms with Crippen LogP contribution in [0.25, 0.3) is 0 Å². The molecule has 1 aliphatic rings. The Kier molecular flexibility index (Phi) is 5.02. The SMILES string of the molecule is COc1ccc2c(c1OC)CCN(C#N)C2c1cc(Br)cc(Br)c1. The number of halogens is 2. The highest BCUT2D eigenvalue weighted by Gasteiger charge is 2.31. The summed E-state index contributed by atoms with van der Waals surface area (Å²) in [6, 6.07) is 9.86. The van der Waals surface area contributed by atoms with Crippen molar-refractivity contribution < 1.29 is 9.47 Å². The van der Waals surface area contributed by atoms with E-state index in [2.05, 4.69) is 38.1 Å². The van der Waals surface area contributed by atoms with E-state index in [4.69, 9.17) is 9.47 Å². The highest BCUT2D eigenvalue weighted by Crippen LogP contribution is 2.43. The van der Waals surface area contributed by atoms with Gasteiger partial charge in [-0.25, -0.2) is 0 Å². The number of rotatable bonds is 3. The topological polar surface area (TPSA) is 45.5 Å². The molecular weight excluding hydrogens is 436 g/mol. The van der Waals surface area contributed by atoms with E-state index in [0.717, 1.165) is 43.6 Å². The van der Waals surface area contributed by atoms with Crippen LogP contribution in [0.4, 0.5) is 0 Å². The molecule has 0 bridgehead atoms. The molecule has 0 saturated heterocycles. The van der Waals surface area contributed by atoms with Crippen LogP contribution >= 0.6 is 31.9 Å². The summed E-state index contributed by atoms with van der Waals surface area (Å²) >= 11 is 7.07. The Morgan fingerprint density at radius 3 is 2.42 bits per heavy atom. The van der Waals surface area contributed by atoms with Crippen LogP contribution in [-0.2, 0) is 6.42 Å². The quantitative estimate of drug-likeness (QED) is 0.636. The van der Waals surface area contributed by atoms with Crippen molar-refractivity contribution in [1.82, 2.24) is 4.90 Å².